The van der Waals surface area contributed by atoms with Crippen molar-refractivity contribution in [3.05, 3.63) is 65.2 Å². The Morgan fingerprint density at radius 1 is 1.03 bits per heavy atom. The molecule has 0 saturated carbocycles. The van der Waals surface area contributed by atoms with Crippen LogP contribution in [0.3, 0.4) is 0 Å². The molecule has 2 amide bonds. The minimum atomic E-state index is -1.29. The van der Waals surface area contributed by atoms with Gasteiger partial charge in [0, 0.05) is 30.8 Å². The molecule has 0 saturated heterocycles. The van der Waals surface area contributed by atoms with Gasteiger partial charge in [-0.05, 0) is 55.7 Å². The molecular formula is C24H28N2O4. The molecular weight excluding hydrogens is 380 g/mol. The molecule has 1 heterocycles. The van der Waals surface area contributed by atoms with Gasteiger partial charge in [0.1, 0.15) is 0 Å². The molecule has 0 fully saturated rings. The molecule has 0 aliphatic carbocycles. The Morgan fingerprint density at radius 3 is 2.30 bits per heavy atom. The quantitative estimate of drug-likeness (QED) is 0.701. The van der Waals surface area contributed by atoms with Gasteiger partial charge in [-0.2, -0.15) is 0 Å². The summed E-state index contributed by atoms with van der Waals surface area (Å²) >= 11 is 0. The molecule has 0 spiro atoms. The molecule has 2 aromatic rings. The molecule has 0 bridgehead atoms. The highest BCUT2D eigenvalue weighted by Gasteiger charge is 2.42. The van der Waals surface area contributed by atoms with E-state index < -0.39 is 17.5 Å². The number of hydrogen-bond acceptors (Lipinski definition) is 4. The van der Waals surface area contributed by atoms with E-state index in [1.165, 1.54) is 0 Å². The summed E-state index contributed by atoms with van der Waals surface area (Å²) in [7, 11) is 0. The van der Waals surface area contributed by atoms with E-state index in [1.807, 2.05) is 30.9 Å². The molecule has 0 aromatic heterocycles. The number of carbonyl (C=O) groups excluding carboxylic acids is 3. The molecule has 30 heavy (non-hydrogen) atoms. The third kappa shape index (κ3) is 4.53. The fraction of sp³-hybridized carbons (Fsp3) is 0.375. The molecule has 0 radical (unpaired) electrons. The SMILES string of the molecule is CCCN(CCC)C(=O)c1ccc(NC(=O)C2(C)Cc3ccccc3C(=O)O2)cc1. The average molecular weight is 408 g/mol. The number of amides is 2. The lowest BCUT2D eigenvalue weighted by molar-refractivity contribution is -0.134. The van der Waals surface area contributed by atoms with Crippen LogP contribution in [0.4, 0.5) is 5.69 Å². The highest BCUT2D eigenvalue weighted by Crippen LogP contribution is 2.29. The monoisotopic (exact) mass is 408 g/mol. The van der Waals surface area contributed by atoms with E-state index in [4.69, 9.17) is 4.74 Å². The van der Waals surface area contributed by atoms with Gasteiger partial charge < -0.3 is 15.0 Å². The van der Waals surface area contributed by atoms with Crippen molar-refractivity contribution in [1.29, 1.82) is 0 Å². The van der Waals surface area contributed by atoms with E-state index in [1.54, 1.807) is 43.3 Å². The number of hydrogen-bond donors (Lipinski definition) is 1. The number of nitrogens with zero attached hydrogens (tertiary/aromatic N) is 1. The zero-order valence-corrected chi connectivity index (χ0v) is 17.7. The molecule has 1 aliphatic rings. The van der Waals surface area contributed by atoms with Gasteiger partial charge in [-0.15, -0.1) is 0 Å². The average Bonchev–Trinajstić information content (AvgIpc) is 2.73. The van der Waals surface area contributed by atoms with Gasteiger partial charge in [0.25, 0.3) is 11.8 Å². The summed E-state index contributed by atoms with van der Waals surface area (Å²) in [5.41, 5.74) is 1.12. The number of carbonyl (C=O) groups is 3. The van der Waals surface area contributed by atoms with Gasteiger partial charge in [-0.1, -0.05) is 32.0 Å². The number of fused-ring (bicyclic) bond motifs is 1. The molecule has 6 nitrogen and oxygen atoms in total. The van der Waals surface area contributed by atoms with Crippen LogP contribution in [0.5, 0.6) is 0 Å². The summed E-state index contributed by atoms with van der Waals surface area (Å²) in [4.78, 5) is 39.7. The number of cyclic esters (lactones) is 1. The zero-order valence-electron chi connectivity index (χ0n) is 17.7. The predicted molar refractivity (Wildman–Crippen MR) is 116 cm³/mol. The summed E-state index contributed by atoms with van der Waals surface area (Å²) in [6.45, 7) is 7.14. The Bertz CT molecular complexity index is 932. The Kier molecular flexibility index (Phi) is 6.55. The lowest BCUT2D eigenvalue weighted by Gasteiger charge is -2.33. The van der Waals surface area contributed by atoms with E-state index in [-0.39, 0.29) is 5.91 Å². The van der Waals surface area contributed by atoms with Crippen LogP contribution >= 0.6 is 0 Å². The fourth-order valence-corrected chi connectivity index (χ4v) is 3.66. The molecule has 1 atom stereocenters. The van der Waals surface area contributed by atoms with Crippen LogP contribution in [0.2, 0.25) is 0 Å². The maximum atomic E-state index is 12.9. The van der Waals surface area contributed by atoms with E-state index in [9.17, 15) is 14.4 Å². The molecule has 158 valence electrons. The summed E-state index contributed by atoms with van der Waals surface area (Å²) in [5.74, 6) is -0.910. The third-order valence-electron chi connectivity index (χ3n) is 5.23. The number of esters is 1. The van der Waals surface area contributed by atoms with Crippen LogP contribution in [0.25, 0.3) is 0 Å². The normalized spacial score (nSPS) is 17.6. The van der Waals surface area contributed by atoms with Crippen LogP contribution in [0, 0.1) is 0 Å². The summed E-state index contributed by atoms with van der Waals surface area (Å²) in [5, 5.41) is 2.81. The van der Waals surface area contributed by atoms with E-state index >= 15 is 0 Å². The van der Waals surface area contributed by atoms with Crippen LogP contribution in [-0.4, -0.2) is 41.4 Å². The first kappa shape index (κ1) is 21.6. The zero-order chi connectivity index (χ0) is 21.7. The minimum absolute atomic E-state index is 0.0126. The Morgan fingerprint density at radius 2 is 1.67 bits per heavy atom. The summed E-state index contributed by atoms with van der Waals surface area (Å²) in [6, 6.07) is 14.0. The van der Waals surface area contributed by atoms with Crippen molar-refractivity contribution in [2.75, 3.05) is 18.4 Å². The van der Waals surface area contributed by atoms with Crippen molar-refractivity contribution in [3.8, 4) is 0 Å². The van der Waals surface area contributed by atoms with E-state index in [2.05, 4.69) is 5.32 Å². The predicted octanol–water partition coefficient (Wildman–Crippen LogP) is 4.06. The maximum absolute atomic E-state index is 12.9. The molecule has 1 N–H and O–H groups in total. The first-order chi connectivity index (χ1) is 14.4. The first-order valence-electron chi connectivity index (χ1n) is 10.4. The van der Waals surface area contributed by atoms with Crippen molar-refractivity contribution in [3.63, 3.8) is 0 Å². The van der Waals surface area contributed by atoms with Crippen LogP contribution in [-0.2, 0) is 16.0 Å². The first-order valence-corrected chi connectivity index (χ1v) is 10.4. The number of ether oxygens (including phenoxy) is 1. The van der Waals surface area contributed by atoms with Crippen molar-refractivity contribution >= 4 is 23.5 Å². The van der Waals surface area contributed by atoms with Gasteiger partial charge in [0.05, 0.1) is 5.56 Å². The molecule has 3 rings (SSSR count). The molecule has 6 heteroatoms. The minimum Gasteiger partial charge on any atom is -0.445 e. The largest absolute Gasteiger partial charge is 0.445 e. The number of benzene rings is 2. The fourth-order valence-electron chi connectivity index (χ4n) is 3.66. The summed E-state index contributed by atoms with van der Waals surface area (Å²) < 4.78 is 5.47. The van der Waals surface area contributed by atoms with Gasteiger partial charge in [-0.25, -0.2) is 4.79 Å². The molecule has 1 unspecified atom stereocenters. The van der Waals surface area contributed by atoms with Gasteiger partial charge >= 0.3 is 5.97 Å². The number of nitrogens with one attached hydrogen (secondary N) is 1. The van der Waals surface area contributed by atoms with Gasteiger partial charge in [0.2, 0.25) is 0 Å². The van der Waals surface area contributed by atoms with Crippen molar-refractivity contribution in [1.82, 2.24) is 4.90 Å². The van der Waals surface area contributed by atoms with Crippen LogP contribution in [0.1, 0.15) is 59.9 Å². The van der Waals surface area contributed by atoms with Gasteiger partial charge in [-0.3, -0.25) is 9.59 Å². The number of rotatable bonds is 7. The third-order valence-corrected chi connectivity index (χ3v) is 5.23. The topological polar surface area (TPSA) is 75.7 Å². The Balaban J connectivity index is 1.70. The molecule has 2 aromatic carbocycles. The Labute approximate surface area is 177 Å². The summed E-state index contributed by atoms with van der Waals surface area (Å²) in [6.07, 6.45) is 2.11. The molecule has 1 aliphatic heterocycles. The lowest BCUT2D eigenvalue weighted by atomic mass is 9.89. The highest BCUT2D eigenvalue weighted by atomic mass is 16.6. The smallest absolute Gasteiger partial charge is 0.339 e. The van der Waals surface area contributed by atoms with Crippen molar-refractivity contribution in [2.24, 2.45) is 0 Å². The second kappa shape index (κ2) is 9.11. The highest BCUT2D eigenvalue weighted by molar-refractivity contribution is 6.02. The second-order valence-corrected chi connectivity index (χ2v) is 7.78. The van der Waals surface area contributed by atoms with E-state index in [0.29, 0.717) is 23.2 Å². The van der Waals surface area contributed by atoms with Crippen LogP contribution in [0.15, 0.2) is 48.5 Å². The standard InChI is InChI=1S/C24H28N2O4/c1-4-14-26(15-5-2)21(27)17-10-12-19(13-11-17)25-23(29)24(3)16-18-8-6-7-9-20(18)22(28)30-24/h6-13H,4-5,14-16H2,1-3H3,(H,25,29). The number of anilines is 1. The maximum Gasteiger partial charge on any atom is 0.339 e. The van der Waals surface area contributed by atoms with E-state index in [0.717, 1.165) is 31.5 Å². The lowest BCUT2D eigenvalue weighted by Crippen LogP contribution is -2.48. The van der Waals surface area contributed by atoms with Crippen molar-refractivity contribution < 1.29 is 19.1 Å². The second-order valence-electron chi connectivity index (χ2n) is 7.78. The Hall–Kier alpha value is -3.15. The van der Waals surface area contributed by atoms with Gasteiger partial charge in [0.15, 0.2) is 5.60 Å². The van der Waals surface area contributed by atoms with Crippen molar-refractivity contribution in [2.45, 2.75) is 45.6 Å². The van der Waals surface area contributed by atoms with Crippen LogP contribution < -0.4 is 5.32 Å².